The van der Waals surface area contributed by atoms with E-state index in [2.05, 4.69) is 39.5 Å². The van der Waals surface area contributed by atoms with Crippen LogP contribution >= 0.6 is 0 Å². The van der Waals surface area contributed by atoms with Crippen LogP contribution in [0.15, 0.2) is 0 Å². The lowest BCUT2D eigenvalue weighted by Crippen LogP contribution is -1.85. The third-order valence-corrected chi connectivity index (χ3v) is 1.48. The maximum absolute atomic E-state index is 3.20. The first kappa shape index (κ1) is 10.6. The van der Waals surface area contributed by atoms with Crippen LogP contribution in [0.5, 0.6) is 0 Å². The van der Waals surface area contributed by atoms with Gasteiger partial charge in [0.15, 0.2) is 0 Å². The molecule has 0 amide bonds. The Balaban J connectivity index is 3.26. The molecule has 0 heteroatoms. The fourth-order valence-corrected chi connectivity index (χ4v) is 0.726. The van der Waals surface area contributed by atoms with E-state index in [0.29, 0.717) is 0 Å². The molecule has 0 saturated carbocycles. The predicted molar refractivity (Wildman–Crippen MR) is 51.3 cm³/mol. The second kappa shape index (κ2) is 6.28. The molecule has 0 atom stereocenters. The molecular formula is C11H20. The first-order valence-electron chi connectivity index (χ1n) is 4.58. The molecular weight excluding hydrogens is 132 g/mol. The van der Waals surface area contributed by atoms with Gasteiger partial charge in [-0.15, -0.1) is 11.8 Å². The lowest BCUT2D eigenvalue weighted by Gasteiger charge is -1.97. The Bertz CT molecular complexity index is 132. The summed E-state index contributed by atoms with van der Waals surface area (Å²) in [4.78, 5) is 0. The first-order valence-corrected chi connectivity index (χ1v) is 4.58. The zero-order valence-corrected chi connectivity index (χ0v) is 8.28. The van der Waals surface area contributed by atoms with Crippen LogP contribution in [0.2, 0.25) is 0 Å². The minimum atomic E-state index is 0.724. The van der Waals surface area contributed by atoms with Gasteiger partial charge in [-0.25, -0.2) is 0 Å². The molecule has 0 nitrogen and oxygen atoms in total. The van der Waals surface area contributed by atoms with E-state index in [1.807, 2.05) is 0 Å². The lowest BCUT2D eigenvalue weighted by atomic mass is 10.1. The van der Waals surface area contributed by atoms with Crippen molar-refractivity contribution in [2.24, 2.45) is 11.8 Å². The van der Waals surface area contributed by atoms with Gasteiger partial charge in [0, 0.05) is 12.8 Å². The molecule has 0 heterocycles. The quantitative estimate of drug-likeness (QED) is 0.543. The summed E-state index contributed by atoms with van der Waals surface area (Å²) in [5.74, 6) is 7.91. The zero-order chi connectivity index (χ0) is 8.69. The number of hydrogen-bond acceptors (Lipinski definition) is 0. The average Bonchev–Trinajstić information content (AvgIpc) is 1.85. The van der Waals surface area contributed by atoms with E-state index in [9.17, 15) is 0 Å². The molecule has 0 N–H and O–H groups in total. The van der Waals surface area contributed by atoms with Crippen molar-refractivity contribution in [2.75, 3.05) is 0 Å². The van der Waals surface area contributed by atoms with Crippen LogP contribution < -0.4 is 0 Å². The Morgan fingerprint density at radius 1 is 0.909 bits per heavy atom. The summed E-state index contributed by atoms with van der Waals surface area (Å²) in [6, 6.07) is 0. The van der Waals surface area contributed by atoms with Gasteiger partial charge in [-0.3, -0.25) is 0 Å². The van der Waals surface area contributed by atoms with Gasteiger partial charge in [0.25, 0.3) is 0 Å². The van der Waals surface area contributed by atoms with Gasteiger partial charge in [-0.2, -0.15) is 0 Å². The molecule has 0 spiro atoms. The zero-order valence-electron chi connectivity index (χ0n) is 8.28. The van der Waals surface area contributed by atoms with Gasteiger partial charge >= 0.3 is 0 Å². The highest BCUT2D eigenvalue weighted by Crippen LogP contribution is 2.02. The van der Waals surface area contributed by atoms with Gasteiger partial charge in [-0.1, -0.05) is 27.7 Å². The lowest BCUT2D eigenvalue weighted by molar-refractivity contribution is 0.599. The predicted octanol–water partition coefficient (Wildman–Crippen LogP) is 3.47. The highest BCUT2D eigenvalue weighted by molar-refractivity contribution is 4.99. The van der Waals surface area contributed by atoms with Crippen LogP contribution in [-0.2, 0) is 0 Å². The molecule has 0 radical (unpaired) electrons. The molecule has 0 saturated heterocycles. The van der Waals surface area contributed by atoms with Gasteiger partial charge < -0.3 is 0 Å². The largest absolute Gasteiger partial charge is 0.103 e. The standard InChI is InChI=1S/C11H20/c1-10(2)8-6-5-7-9-11(3)4/h10-11H,6,8-9H2,1-4H3. The van der Waals surface area contributed by atoms with E-state index >= 15 is 0 Å². The van der Waals surface area contributed by atoms with Crippen molar-refractivity contribution < 1.29 is 0 Å². The van der Waals surface area contributed by atoms with Crippen molar-refractivity contribution in [3.05, 3.63) is 0 Å². The Hall–Kier alpha value is -0.440. The summed E-state index contributed by atoms with van der Waals surface area (Å²) in [7, 11) is 0. The third kappa shape index (κ3) is 9.56. The van der Waals surface area contributed by atoms with Crippen molar-refractivity contribution in [3.8, 4) is 11.8 Å². The van der Waals surface area contributed by atoms with Crippen molar-refractivity contribution in [2.45, 2.75) is 47.0 Å². The molecule has 0 unspecified atom stereocenters. The van der Waals surface area contributed by atoms with Crippen molar-refractivity contribution >= 4 is 0 Å². The normalized spacial score (nSPS) is 10.0. The minimum Gasteiger partial charge on any atom is -0.103 e. The van der Waals surface area contributed by atoms with Gasteiger partial charge in [0.05, 0.1) is 0 Å². The average molecular weight is 152 g/mol. The van der Waals surface area contributed by atoms with E-state index in [-0.39, 0.29) is 0 Å². The van der Waals surface area contributed by atoms with Crippen molar-refractivity contribution in [1.29, 1.82) is 0 Å². The molecule has 0 fully saturated rings. The molecule has 0 bridgehead atoms. The molecule has 0 aromatic rings. The topological polar surface area (TPSA) is 0 Å². The summed E-state index contributed by atoms with van der Waals surface area (Å²) in [6.45, 7) is 8.89. The molecule has 0 aliphatic carbocycles. The highest BCUT2D eigenvalue weighted by atomic mass is 13.9. The van der Waals surface area contributed by atoms with Crippen LogP contribution in [0.25, 0.3) is 0 Å². The van der Waals surface area contributed by atoms with Crippen molar-refractivity contribution in [1.82, 2.24) is 0 Å². The number of hydrogen-bond donors (Lipinski definition) is 0. The van der Waals surface area contributed by atoms with E-state index in [1.165, 1.54) is 6.42 Å². The maximum atomic E-state index is 3.20. The molecule has 0 aliphatic rings. The second-order valence-electron chi connectivity index (χ2n) is 3.88. The maximum Gasteiger partial charge on any atom is 0.0112 e. The van der Waals surface area contributed by atoms with Crippen LogP contribution in [0.4, 0.5) is 0 Å². The molecule has 0 aliphatic heterocycles. The van der Waals surface area contributed by atoms with E-state index in [1.54, 1.807) is 0 Å². The molecule has 0 aromatic carbocycles. The Labute approximate surface area is 71.4 Å². The number of rotatable bonds is 3. The van der Waals surface area contributed by atoms with Crippen molar-refractivity contribution in [3.63, 3.8) is 0 Å². The van der Waals surface area contributed by atoms with Crippen LogP contribution in [-0.4, -0.2) is 0 Å². The molecule has 0 aromatic heterocycles. The van der Waals surface area contributed by atoms with Gasteiger partial charge in [0.2, 0.25) is 0 Å². The smallest absolute Gasteiger partial charge is 0.0112 e. The fraction of sp³-hybridized carbons (Fsp3) is 0.818. The SMILES string of the molecule is CC(C)CC#CCCC(C)C. The van der Waals surface area contributed by atoms with Gasteiger partial charge in [-0.05, 0) is 18.3 Å². The summed E-state index contributed by atoms with van der Waals surface area (Å²) < 4.78 is 0. The Morgan fingerprint density at radius 2 is 1.55 bits per heavy atom. The second-order valence-corrected chi connectivity index (χ2v) is 3.88. The van der Waals surface area contributed by atoms with Crippen LogP contribution in [0, 0.1) is 23.7 Å². The minimum absolute atomic E-state index is 0.724. The first-order chi connectivity index (χ1) is 5.13. The summed E-state index contributed by atoms with van der Waals surface area (Å²) in [6.07, 6.45) is 3.37. The Morgan fingerprint density at radius 3 is 2.00 bits per heavy atom. The Kier molecular flexibility index (Phi) is 6.03. The summed E-state index contributed by atoms with van der Waals surface area (Å²) in [5.41, 5.74) is 0. The molecule has 0 rings (SSSR count). The van der Waals surface area contributed by atoms with E-state index in [0.717, 1.165) is 24.7 Å². The summed E-state index contributed by atoms with van der Waals surface area (Å²) in [5, 5.41) is 0. The van der Waals surface area contributed by atoms with Gasteiger partial charge in [0.1, 0.15) is 0 Å². The third-order valence-electron chi connectivity index (χ3n) is 1.48. The highest BCUT2D eigenvalue weighted by Gasteiger charge is 1.89. The monoisotopic (exact) mass is 152 g/mol. The fourth-order valence-electron chi connectivity index (χ4n) is 0.726. The van der Waals surface area contributed by atoms with E-state index in [4.69, 9.17) is 0 Å². The molecule has 11 heavy (non-hydrogen) atoms. The van der Waals surface area contributed by atoms with E-state index < -0.39 is 0 Å². The summed E-state index contributed by atoms with van der Waals surface area (Å²) >= 11 is 0. The molecule has 64 valence electrons. The van der Waals surface area contributed by atoms with Crippen LogP contribution in [0.3, 0.4) is 0 Å². The van der Waals surface area contributed by atoms with Crippen LogP contribution in [0.1, 0.15) is 47.0 Å².